The van der Waals surface area contributed by atoms with Crippen molar-refractivity contribution in [2.75, 3.05) is 39.7 Å². The van der Waals surface area contributed by atoms with Crippen LogP contribution in [0.2, 0.25) is 0 Å². The van der Waals surface area contributed by atoms with Crippen LogP contribution in [0.3, 0.4) is 0 Å². The van der Waals surface area contributed by atoms with Crippen molar-refractivity contribution >= 4 is 41.7 Å². The van der Waals surface area contributed by atoms with Crippen LogP contribution in [0.5, 0.6) is 17.4 Å². The maximum absolute atomic E-state index is 5.43. The number of nitrogens with zero attached hydrogens (tertiary/aromatic N) is 2. The number of hydrogen-bond acceptors (Lipinski definition) is 7. The average molecular weight is 391 g/mol. The van der Waals surface area contributed by atoms with E-state index in [0.29, 0.717) is 29.4 Å². The zero-order valence-electron chi connectivity index (χ0n) is 14.5. The quantitative estimate of drug-likeness (QED) is 0.812. The summed E-state index contributed by atoms with van der Waals surface area (Å²) in [4.78, 5) is 9.09. The predicted octanol–water partition coefficient (Wildman–Crippen LogP) is 2.66. The summed E-state index contributed by atoms with van der Waals surface area (Å²) in [5, 5.41) is 7.54. The number of fused-ring (bicyclic) bond motifs is 1. The normalized spacial score (nSPS) is 14.2. The smallest absolute Gasteiger partial charge is 0.226 e. The second kappa shape index (κ2) is 9.70. The van der Waals surface area contributed by atoms with Gasteiger partial charge in [-0.25, -0.2) is 4.98 Å². The first-order chi connectivity index (χ1) is 11.2. The highest BCUT2D eigenvalue weighted by atomic mass is 35.5. The minimum atomic E-state index is 0. The van der Waals surface area contributed by atoms with Gasteiger partial charge in [0.1, 0.15) is 0 Å². The molecular formula is C16H24Cl2N4O3. The molecule has 2 heterocycles. The van der Waals surface area contributed by atoms with Crippen LogP contribution in [-0.2, 0) is 0 Å². The lowest BCUT2D eigenvalue weighted by atomic mass is 10.1. The Kier molecular flexibility index (Phi) is 8.28. The minimum absolute atomic E-state index is 0. The highest BCUT2D eigenvalue weighted by Gasteiger charge is 2.17. The van der Waals surface area contributed by atoms with Crippen molar-refractivity contribution in [3.63, 3.8) is 0 Å². The summed E-state index contributed by atoms with van der Waals surface area (Å²) in [7, 11) is 4.81. The number of nitrogens with one attached hydrogen (secondary N) is 2. The van der Waals surface area contributed by atoms with Crippen LogP contribution in [0.15, 0.2) is 12.1 Å². The van der Waals surface area contributed by atoms with Crippen LogP contribution in [0.25, 0.3) is 10.9 Å². The summed E-state index contributed by atoms with van der Waals surface area (Å²) in [6, 6.07) is 4.05. The van der Waals surface area contributed by atoms with E-state index in [2.05, 4.69) is 20.6 Å². The van der Waals surface area contributed by atoms with Crippen molar-refractivity contribution in [2.45, 2.75) is 18.9 Å². The van der Waals surface area contributed by atoms with Crippen molar-refractivity contribution in [2.24, 2.45) is 0 Å². The van der Waals surface area contributed by atoms with E-state index in [-0.39, 0.29) is 24.8 Å². The van der Waals surface area contributed by atoms with Crippen molar-refractivity contribution in [1.82, 2.24) is 15.3 Å². The fourth-order valence-electron chi connectivity index (χ4n) is 2.80. The number of piperidine rings is 1. The Morgan fingerprint density at radius 1 is 0.960 bits per heavy atom. The molecule has 1 aromatic heterocycles. The first kappa shape index (κ1) is 21.3. The Morgan fingerprint density at radius 2 is 1.60 bits per heavy atom. The van der Waals surface area contributed by atoms with Gasteiger partial charge in [0.2, 0.25) is 11.8 Å². The molecule has 0 spiro atoms. The summed E-state index contributed by atoms with van der Waals surface area (Å²) in [6.07, 6.45) is 2.10. The van der Waals surface area contributed by atoms with Gasteiger partial charge in [-0.2, -0.15) is 4.98 Å². The van der Waals surface area contributed by atoms with E-state index < -0.39 is 0 Å². The Morgan fingerprint density at radius 3 is 2.20 bits per heavy atom. The number of rotatable bonds is 5. The zero-order valence-corrected chi connectivity index (χ0v) is 16.1. The molecule has 1 saturated heterocycles. The molecule has 0 amide bonds. The molecule has 9 heteroatoms. The van der Waals surface area contributed by atoms with E-state index in [1.54, 1.807) is 21.3 Å². The summed E-state index contributed by atoms with van der Waals surface area (Å²) in [5.41, 5.74) is 0.755. The predicted molar refractivity (Wildman–Crippen MR) is 103 cm³/mol. The number of halogens is 2. The molecule has 1 aromatic carbocycles. The molecule has 0 saturated carbocycles. The van der Waals surface area contributed by atoms with E-state index in [4.69, 9.17) is 14.2 Å². The van der Waals surface area contributed by atoms with Gasteiger partial charge in [-0.05, 0) is 32.0 Å². The lowest BCUT2D eigenvalue weighted by Crippen LogP contribution is -2.35. The van der Waals surface area contributed by atoms with Crippen molar-refractivity contribution in [1.29, 1.82) is 0 Å². The van der Waals surface area contributed by atoms with Crippen LogP contribution in [-0.4, -0.2) is 50.4 Å². The molecule has 0 aliphatic carbocycles. The summed E-state index contributed by atoms with van der Waals surface area (Å²) < 4.78 is 16.1. The Labute approximate surface area is 159 Å². The number of methoxy groups -OCH3 is 3. The number of aromatic nitrogens is 2. The Balaban J connectivity index is 0.00000156. The van der Waals surface area contributed by atoms with E-state index in [1.165, 1.54) is 0 Å². The van der Waals surface area contributed by atoms with E-state index in [0.717, 1.165) is 36.8 Å². The van der Waals surface area contributed by atoms with Gasteiger partial charge >= 0.3 is 0 Å². The van der Waals surface area contributed by atoms with Gasteiger partial charge in [0.15, 0.2) is 11.5 Å². The van der Waals surface area contributed by atoms with Crippen LogP contribution >= 0.6 is 24.8 Å². The number of hydrogen-bond donors (Lipinski definition) is 2. The third-order valence-electron chi connectivity index (χ3n) is 4.03. The summed E-state index contributed by atoms with van der Waals surface area (Å²) in [6.45, 7) is 2.01. The fraction of sp³-hybridized carbons (Fsp3) is 0.500. The topological polar surface area (TPSA) is 77.5 Å². The molecule has 2 N–H and O–H groups in total. The van der Waals surface area contributed by atoms with Gasteiger partial charge in [-0.15, -0.1) is 24.8 Å². The zero-order chi connectivity index (χ0) is 16.2. The molecule has 3 rings (SSSR count). The van der Waals surface area contributed by atoms with Crippen LogP contribution in [0.4, 0.5) is 5.95 Å². The highest BCUT2D eigenvalue weighted by Crippen LogP contribution is 2.35. The van der Waals surface area contributed by atoms with Crippen LogP contribution < -0.4 is 24.8 Å². The average Bonchev–Trinajstić information content (AvgIpc) is 2.60. The third kappa shape index (κ3) is 4.68. The number of anilines is 1. The van der Waals surface area contributed by atoms with Crippen LogP contribution in [0.1, 0.15) is 12.8 Å². The molecule has 1 aliphatic rings. The van der Waals surface area contributed by atoms with Crippen LogP contribution in [0, 0.1) is 0 Å². The molecule has 25 heavy (non-hydrogen) atoms. The van der Waals surface area contributed by atoms with Crippen molar-refractivity contribution in [3.8, 4) is 17.4 Å². The second-order valence-corrected chi connectivity index (χ2v) is 5.45. The van der Waals surface area contributed by atoms with Gasteiger partial charge in [-0.1, -0.05) is 0 Å². The molecular weight excluding hydrogens is 367 g/mol. The fourth-order valence-corrected chi connectivity index (χ4v) is 2.80. The first-order valence-electron chi connectivity index (χ1n) is 7.70. The Hall–Kier alpha value is -1.70. The minimum Gasteiger partial charge on any atom is -0.493 e. The van der Waals surface area contributed by atoms with Gasteiger partial charge in [0.25, 0.3) is 0 Å². The van der Waals surface area contributed by atoms with Gasteiger partial charge < -0.3 is 24.8 Å². The first-order valence-corrected chi connectivity index (χ1v) is 7.70. The highest BCUT2D eigenvalue weighted by molar-refractivity contribution is 5.88. The number of benzene rings is 1. The molecule has 7 nitrogen and oxygen atoms in total. The number of ether oxygens (including phenoxy) is 3. The molecule has 0 atom stereocenters. The van der Waals surface area contributed by atoms with E-state index >= 15 is 0 Å². The second-order valence-electron chi connectivity index (χ2n) is 5.45. The SMILES string of the molecule is COc1cc2nc(NC3CCNCC3)nc(OC)c2cc1OC.Cl.Cl. The molecule has 1 aliphatic heterocycles. The van der Waals surface area contributed by atoms with Gasteiger partial charge in [-0.3, -0.25) is 0 Å². The lowest BCUT2D eigenvalue weighted by molar-refractivity contribution is 0.355. The molecule has 0 unspecified atom stereocenters. The maximum atomic E-state index is 5.43. The van der Waals surface area contributed by atoms with Crippen molar-refractivity contribution in [3.05, 3.63) is 12.1 Å². The lowest BCUT2D eigenvalue weighted by Gasteiger charge is -2.24. The molecule has 2 aromatic rings. The Bertz CT molecular complexity index is 697. The van der Waals surface area contributed by atoms with E-state index in [1.807, 2.05) is 12.1 Å². The van der Waals surface area contributed by atoms with Crippen molar-refractivity contribution < 1.29 is 14.2 Å². The molecule has 1 fully saturated rings. The summed E-state index contributed by atoms with van der Waals surface area (Å²) >= 11 is 0. The van der Waals surface area contributed by atoms with Gasteiger partial charge in [0, 0.05) is 12.1 Å². The molecule has 0 radical (unpaired) electrons. The van der Waals surface area contributed by atoms with E-state index in [9.17, 15) is 0 Å². The summed E-state index contributed by atoms with van der Waals surface area (Å²) in [5.74, 6) is 2.36. The molecule has 140 valence electrons. The standard InChI is InChI=1S/C16H22N4O3.2ClH/c1-21-13-8-11-12(9-14(13)22-2)19-16(20-15(11)23-3)18-10-4-6-17-7-5-10;;/h8-10,17H,4-7H2,1-3H3,(H,18,19,20);2*1H. The maximum Gasteiger partial charge on any atom is 0.226 e. The largest absolute Gasteiger partial charge is 0.493 e. The molecule has 0 bridgehead atoms. The van der Waals surface area contributed by atoms with Gasteiger partial charge in [0.05, 0.1) is 32.2 Å². The third-order valence-corrected chi connectivity index (χ3v) is 4.03. The monoisotopic (exact) mass is 390 g/mol.